The van der Waals surface area contributed by atoms with Gasteiger partial charge in [-0.1, -0.05) is 0 Å². The summed E-state index contributed by atoms with van der Waals surface area (Å²) in [4.78, 5) is 14.3. The fourth-order valence-corrected chi connectivity index (χ4v) is 7.79. The molecular weight excluding hydrogens is 511 g/mol. The molecular formula is C29H33FN8O2. The Hall–Kier alpha value is -3.30. The number of morpholine rings is 1. The van der Waals surface area contributed by atoms with E-state index in [2.05, 4.69) is 43.9 Å². The Kier molecular flexibility index (Phi) is 5.27. The Morgan fingerprint density at radius 1 is 1.10 bits per heavy atom. The van der Waals surface area contributed by atoms with Crippen molar-refractivity contribution in [2.24, 2.45) is 5.41 Å². The third-order valence-corrected chi connectivity index (χ3v) is 9.31. The van der Waals surface area contributed by atoms with Crippen LogP contribution in [0.5, 0.6) is 0 Å². The average molecular weight is 545 g/mol. The lowest BCUT2D eigenvalue weighted by Gasteiger charge is -2.60. The third kappa shape index (κ3) is 3.66. The van der Waals surface area contributed by atoms with Gasteiger partial charge in [0, 0.05) is 69.9 Å². The zero-order chi connectivity index (χ0) is 27.2. The van der Waals surface area contributed by atoms with Gasteiger partial charge in [0.05, 0.1) is 48.3 Å². The molecule has 40 heavy (non-hydrogen) atoms. The van der Waals surface area contributed by atoms with Crippen LogP contribution < -0.4 is 9.80 Å². The van der Waals surface area contributed by atoms with Gasteiger partial charge >= 0.3 is 0 Å². The standard InChI is InChI=1S/C29H33FN8O2/c1-19-9-36(25-4-3-21(6-31)38-26(25)24(30)8-33-38)11-23(40-19)10-35-17-29(18-35)27-20(12-39-29)5-22(7-32-27)37-15-28(16-37)13-34(2)14-28/h3-5,7-8,19,23H,9-18H2,1-2H3. The minimum Gasteiger partial charge on any atom is -0.370 e. The first kappa shape index (κ1) is 24.5. The highest BCUT2D eigenvalue weighted by molar-refractivity contribution is 5.74. The van der Waals surface area contributed by atoms with Crippen LogP contribution >= 0.6 is 0 Å². The number of nitrogens with zero attached hydrogens (tertiary/aromatic N) is 8. The quantitative estimate of drug-likeness (QED) is 0.488. The Morgan fingerprint density at radius 2 is 1.93 bits per heavy atom. The van der Waals surface area contributed by atoms with Crippen LogP contribution in [0.3, 0.4) is 0 Å². The molecule has 0 bridgehead atoms. The molecule has 4 saturated heterocycles. The van der Waals surface area contributed by atoms with Gasteiger partial charge in [0.15, 0.2) is 5.82 Å². The second-order valence-electron chi connectivity index (χ2n) is 12.6. The summed E-state index contributed by atoms with van der Waals surface area (Å²) in [5.41, 5.74) is 5.06. The Bertz CT molecular complexity index is 1530. The smallest absolute Gasteiger partial charge is 0.171 e. The zero-order valence-corrected chi connectivity index (χ0v) is 22.9. The maximum Gasteiger partial charge on any atom is 0.171 e. The lowest BCUT2D eigenvalue weighted by atomic mass is 9.73. The number of aromatic nitrogens is 3. The van der Waals surface area contributed by atoms with Crippen molar-refractivity contribution in [1.82, 2.24) is 24.4 Å². The van der Waals surface area contributed by atoms with Crippen LogP contribution in [0.15, 0.2) is 30.6 Å². The second-order valence-corrected chi connectivity index (χ2v) is 12.6. The van der Waals surface area contributed by atoms with Gasteiger partial charge in [0.25, 0.3) is 0 Å². The van der Waals surface area contributed by atoms with Gasteiger partial charge < -0.3 is 24.2 Å². The lowest BCUT2D eigenvalue weighted by Crippen LogP contribution is -2.71. The van der Waals surface area contributed by atoms with E-state index in [0.29, 0.717) is 36.3 Å². The van der Waals surface area contributed by atoms with Gasteiger partial charge in [-0.2, -0.15) is 10.4 Å². The molecule has 10 nitrogen and oxygen atoms in total. The van der Waals surface area contributed by atoms with Crippen molar-refractivity contribution in [2.75, 3.05) is 75.8 Å². The van der Waals surface area contributed by atoms with Crippen molar-refractivity contribution in [3.8, 4) is 6.07 Å². The van der Waals surface area contributed by atoms with Crippen LogP contribution in [0.25, 0.3) is 5.52 Å². The van der Waals surface area contributed by atoms with E-state index in [1.54, 1.807) is 6.07 Å². The molecule has 8 rings (SSSR count). The molecule has 8 heterocycles. The van der Waals surface area contributed by atoms with E-state index < -0.39 is 5.82 Å². The fraction of sp³-hybridized carbons (Fsp3) is 0.552. The predicted octanol–water partition coefficient (Wildman–Crippen LogP) is 1.83. The molecule has 5 aliphatic heterocycles. The van der Waals surface area contributed by atoms with E-state index in [1.165, 1.54) is 35.1 Å². The number of ether oxygens (including phenoxy) is 2. The molecule has 0 aromatic carbocycles. The van der Waals surface area contributed by atoms with E-state index in [-0.39, 0.29) is 17.8 Å². The number of nitriles is 1. The average Bonchev–Trinajstić information content (AvgIpc) is 3.45. The number of likely N-dealkylation sites (tertiary alicyclic amines) is 2. The maximum atomic E-state index is 14.7. The first-order valence-corrected chi connectivity index (χ1v) is 14.1. The van der Waals surface area contributed by atoms with Crippen molar-refractivity contribution in [3.63, 3.8) is 0 Å². The second kappa shape index (κ2) is 8.60. The monoisotopic (exact) mass is 544 g/mol. The number of fused-ring (bicyclic) bond motifs is 3. The summed E-state index contributed by atoms with van der Waals surface area (Å²) in [6, 6.07) is 7.89. The van der Waals surface area contributed by atoms with Crippen LogP contribution in [0.4, 0.5) is 15.8 Å². The third-order valence-electron chi connectivity index (χ3n) is 9.31. The topological polar surface area (TPSA) is 85.4 Å². The summed E-state index contributed by atoms with van der Waals surface area (Å²) in [7, 11) is 2.19. The molecule has 2 unspecified atom stereocenters. The van der Waals surface area contributed by atoms with E-state index in [9.17, 15) is 9.65 Å². The Balaban J connectivity index is 0.931. The molecule has 2 spiro atoms. The normalized spacial score (nSPS) is 26.9. The maximum absolute atomic E-state index is 14.7. The molecule has 208 valence electrons. The summed E-state index contributed by atoms with van der Waals surface area (Å²) >= 11 is 0. The predicted molar refractivity (Wildman–Crippen MR) is 146 cm³/mol. The highest BCUT2D eigenvalue weighted by Crippen LogP contribution is 2.45. The zero-order valence-electron chi connectivity index (χ0n) is 22.9. The van der Waals surface area contributed by atoms with Crippen LogP contribution in [0.1, 0.15) is 23.9 Å². The number of anilines is 2. The molecule has 3 aromatic rings. The van der Waals surface area contributed by atoms with Gasteiger partial charge in [-0.25, -0.2) is 8.91 Å². The van der Waals surface area contributed by atoms with Crippen molar-refractivity contribution < 1.29 is 13.9 Å². The first-order chi connectivity index (χ1) is 19.3. The molecule has 0 N–H and O–H groups in total. The summed E-state index contributed by atoms with van der Waals surface area (Å²) in [6.45, 7) is 10.9. The Labute approximate surface area is 232 Å². The lowest BCUT2D eigenvalue weighted by molar-refractivity contribution is -0.157. The molecule has 11 heteroatoms. The highest BCUT2D eigenvalue weighted by atomic mass is 19.1. The molecule has 0 amide bonds. The van der Waals surface area contributed by atoms with E-state index in [0.717, 1.165) is 44.1 Å². The molecule has 2 atom stereocenters. The molecule has 0 saturated carbocycles. The summed E-state index contributed by atoms with van der Waals surface area (Å²) in [6.07, 6.45) is 3.15. The van der Waals surface area contributed by atoms with Gasteiger partial charge in [-0.05, 0) is 32.2 Å². The van der Waals surface area contributed by atoms with Crippen LogP contribution in [-0.4, -0.2) is 103 Å². The number of halogens is 1. The molecule has 5 aliphatic rings. The largest absolute Gasteiger partial charge is 0.370 e. The number of rotatable bonds is 4. The number of pyridine rings is 2. The van der Waals surface area contributed by atoms with E-state index >= 15 is 0 Å². The van der Waals surface area contributed by atoms with Gasteiger partial charge in [0.2, 0.25) is 0 Å². The van der Waals surface area contributed by atoms with Crippen molar-refractivity contribution in [3.05, 3.63) is 53.4 Å². The van der Waals surface area contributed by atoms with Crippen LogP contribution in [0, 0.1) is 22.6 Å². The van der Waals surface area contributed by atoms with Crippen molar-refractivity contribution >= 4 is 16.9 Å². The first-order valence-electron chi connectivity index (χ1n) is 14.1. The summed E-state index contributed by atoms with van der Waals surface area (Å²) in [5, 5.41) is 13.5. The van der Waals surface area contributed by atoms with Gasteiger partial charge in [-0.15, -0.1) is 0 Å². The van der Waals surface area contributed by atoms with Gasteiger partial charge in [0.1, 0.15) is 22.9 Å². The summed E-state index contributed by atoms with van der Waals surface area (Å²) < 4.78 is 28.8. The SMILES string of the molecule is CC1CN(c2ccc(C#N)n3ncc(F)c23)CC(CN2CC3(C2)OCc2cc(N4CC5(CN(C)C5)C4)cnc23)O1. The van der Waals surface area contributed by atoms with Gasteiger partial charge in [-0.3, -0.25) is 9.88 Å². The van der Waals surface area contributed by atoms with E-state index in [4.69, 9.17) is 14.5 Å². The van der Waals surface area contributed by atoms with Crippen molar-refractivity contribution in [2.45, 2.75) is 31.3 Å². The molecule has 4 fully saturated rings. The van der Waals surface area contributed by atoms with Crippen LogP contribution in [0.2, 0.25) is 0 Å². The van der Waals surface area contributed by atoms with E-state index in [1.807, 2.05) is 19.2 Å². The minimum absolute atomic E-state index is 0.0137. The molecule has 0 aliphatic carbocycles. The minimum atomic E-state index is -0.426. The fourth-order valence-electron chi connectivity index (χ4n) is 7.79. The van der Waals surface area contributed by atoms with Crippen LogP contribution in [-0.2, 0) is 21.7 Å². The van der Waals surface area contributed by atoms with Crippen molar-refractivity contribution in [1.29, 1.82) is 5.26 Å². The summed E-state index contributed by atoms with van der Waals surface area (Å²) in [5.74, 6) is -0.426. The molecule has 0 radical (unpaired) electrons. The highest BCUT2D eigenvalue weighted by Gasteiger charge is 2.53. The number of hydrogen-bond acceptors (Lipinski definition) is 9. The number of hydrogen-bond donors (Lipinski definition) is 0. The molecule has 3 aromatic heterocycles. The Morgan fingerprint density at radius 3 is 2.70 bits per heavy atom.